The molecule has 6 heteroatoms. The number of carbonyl (C=O) groups is 1. The summed E-state index contributed by atoms with van der Waals surface area (Å²) in [7, 11) is 1.62. The van der Waals surface area contributed by atoms with Gasteiger partial charge in [-0.2, -0.15) is 4.79 Å². The third-order valence-corrected chi connectivity index (χ3v) is 2.29. The first kappa shape index (κ1) is 15.6. The summed E-state index contributed by atoms with van der Waals surface area (Å²) in [5.41, 5.74) is 9.12. The van der Waals surface area contributed by atoms with Gasteiger partial charge in [-0.25, -0.2) is 4.79 Å². The Labute approximate surface area is 117 Å². The molecule has 0 atom stereocenters. The first-order valence-electron chi connectivity index (χ1n) is 5.96. The van der Waals surface area contributed by atoms with Gasteiger partial charge in [-0.05, 0) is 23.8 Å². The molecular weight excluding hydrogens is 260 g/mol. The van der Waals surface area contributed by atoms with Gasteiger partial charge in [0, 0.05) is 0 Å². The molecule has 0 saturated heterocycles. The van der Waals surface area contributed by atoms with Gasteiger partial charge in [-0.1, -0.05) is 18.2 Å². The molecule has 0 radical (unpaired) electrons. The molecule has 0 saturated carbocycles. The van der Waals surface area contributed by atoms with Crippen molar-refractivity contribution in [2.24, 2.45) is 0 Å². The minimum atomic E-state index is -0.698. The van der Waals surface area contributed by atoms with Crippen LogP contribution in [0.2, 0.25) is 0 Å². The van der Waals surface area contributed by atoms with Crippen molar-refractivity contribution in [1.29, 1.82) is 0 Å². The number of methoxy groups -OCH3 is 1. The summed E-state index contributed by atoms with van der Waals surface area (Å²) in [6.45, 7) is 1.01. The van der Waals surface area contributed by atoms with E-state index < -0.39 is 5.97 Å². The molecule has 0 heterocycles. The maximum Gasteiger partial charge on any atom is 0.413 e. The lowest BCUT2D eigenvalue weighted by Gasteiger charge is -2.03. The number of carbonyl (C=O) groups excluding carboxylic acids is 1. The van der Waals surface area contributed by atoms with Crippen molar-refractivity contribution in [2.75, 3.05) is 20.3 Å². The summed E-state index contributed by atoms with van der Waals surface area (Å²) in [4.78, 5) is 13.3. The maximum absolute atomic E-state index is 10.8. The second kappa shape index (κ2) is 9.49. The van der Waals surface area contributed by atoms with Crippen molar-refractivity contribution < 1.29 is 23.8 Å². The Morgan fingerprint density at radius 2 is 1.95 bits per heavy atom. The summed E-state index contributed by atoms with van der Waals surface area (Å²) >= 11 is 0. The fraction of sp³-hybridized carbons (Fsp3) is 0.286. The molecule has 20 heavy (non-hydrogen) atoms. The van der Waals surface area contributed by atoms with Crippen LogP contribution in [0.1, 0.15) is 5.56 Å². The Hall–Kier alpha value is -2.43. The normalized spacial score (nSPS) is 10.1. The highest BCUT2D eigenvalue weighted by Crippen LogP contribution is 2.11. The van der Waals surface area contributed by atoms with E-state index in [9.17, 15) is 4.79 Å². The predicted molar refractivity (Wildman–Crippen MR) is 72.4 cm³/mol. The Bertz CT molecular complexity index is 490. The maximum atomic E-state index is 10.8. The molecule has 0 bridgehead atoms. The van der Waals surface area contributed by atoms with Crippen molar-refractivity contribution in [3.05, 3.63) is 47.5 Å². The van der Waals surface area contributed by atoms with Crippen LogP contribution in [0.5, 0.6) is 5.75 Å². The fourth-order valence-electron chi connectivity index (χ4n) is 1.32. The van der Waals surface area contributed by atoms with Gasteiger partial charge in [0.25, 0.3) is 0 Å². The Morgan fingerprint density at radius 1 is 1.25 bits per heavy atom. The van der Waals surface area contributed by atoms with Crippen LogP contribution in [0.25, 0.3) is 5.53 Å². The summed E-state index contributed by atoms with van der Waals surface area (Å²) in [6, 6.07) is 7.60. The van der Waals surface area contributed by atoms with E-state index in [1.165, 1.54) is 0 Å². The van der Waals surface area contributed by atoms with Gasteiger partial charge in [-0.15, -0.1) is 0 Å². The lowest BCUT2D eigenvalue weighted by molar-refractivity contribution is -0.137. The average molecular weight is 276 g/mol. The number of esters is 1. The third kappa shape index (κ3) is 6.49. The Balaban J connectivity index is 2.14. The molecule has 0 aliphatic carbocycles. The predicted octanol–water partition coefficient (Wildman–Crippen LogP) is 1.61. The molecule has 0 unspecified atom stereocenters. The van der Waals surface area contributed by atoms with Crippen LogP contribution in [-0.4, -0.2) is 37.3 Å². The van der Waals surface area contributed by atoms with E-state index in [1.807, 2.05) is 24.3 Å². The number of ether oxygens (including phenoxy) is 3. The molecule has 0 amide bonds. The zero-order valence-corrected chi connectivity index (χ0v) is 11.2. The standard InChI is InChI=1S/C14H16N2O4/c1-18-13-6-4-12(5-7-13)11-19-8-2-3-9-20-14(17)10-16-15/h2-7,10H,8-9,11H2,1H3. The van der Waals surface area contributed by atoms with Crippen LogP contribution in [0.3, 0.4) is 0 Å². The van der Waals surface area contributed by atoms with Crippen molar-refractivity contribution in [3.63, 3.8) is 0 Å². The van der Waals surface area contributed by atoms with E-state index in [1.54, 1.807) is 19.3 Å². The van der Waals surface area contributed by atoms with Crippen LogP contribution >= 0.6 is 0 Å². The van der Waals surface area contributed by atoms with Gasteiger partial charge in [0.15, 0.2) is 0 Å². The lowest BCUT2D eigenvalue weighted by atomic mass is 10.2. The number of rotatable bonds is 8. The van der Waals surface area contributed by atoms with Gasteiger partial charge < -0.3 is 19.7 Å². The highest BCUT2D eigenvalue weighted by molar-refractivity contribution is 6.20. The topological polar surface area (TPSA) is 81.2 Å². The van der Waals surface area contributed by atoms with Crippen LogP contribution < -0.4 is 4.74 Å². The zero-order valence-electron chi connectivity index (χ0n) is 11.2. The SMILES string of the molecule is COc1ccc(COCC=CCOC(=O)C=[N+]=[N-])cc1. The van der Waals surface area contributed by atoms with E-state index >= 15 is 0 Å². The number of hydrogen-bond acceptors (Lipinski definition) is 4. The first-order chi connectivity index (χ1) is 9.76. The number of benzene rings is 1. The van der Waals surface area contributed by atoms with E-state index in [2.05, 4.69) is 9.53 Å². The van der Waals surface area contributed by atoms with Crippen LogP contribution in [0.4, 0.5) is 0 Å². The Kier molecular flexibility index (Phi) is 7.42. The minimum Gasteiger partial charge on any atom is -0.497 e. The third-order valence-electron chi connectivity index (χ3n) is 2.29. The van der Waals surface area contributed by atoms with E-state index in [-0.39, 0.29) is 6.61 Å². The van der Waals surface area contributed by atoms with Gasteiger partial charge in [0.2, 0.25) is 0 Å². The largest absolute Gasteiger partial charge is 0.497 e. The Morgan fingerprint density at radius 3 is 2.60 bits per heavy atom. The molecule has 0 N–H and O–H groups in total. The van der Waals surface area contributed by atoms with Gasteiger partial charge in [-0.3, -0.25) is 0 Å². The molecule has 0 aromatic heterocycles. The summed E-state index contributed by atoms with van der Waals surface area (Å²) in [6.07, 6.45) is 4.08. The quantitative estimate of drug-likeness (QED) is 0.180. The van der Waals surface area contributed by atoms with Crippen LogP contribution in [0.15, 0.2) is 36.4 Å². The van der Waals surface area contributed by atoms with Gasteiger partial charge in [0.1, 0.15) is 12.4 Å². The minimum absolute atomic E-state index is 0.108. The number of nitrogens with zero attached hydrogens (tertiary/aromatic N) is 2. The second-order valence-electron chi connectivity index (χ2n) is 3.71. The van der Waals surface area contributed by atoms with Crippen molar-refractivity contribution in [1.82, 2.24) is 0 Å². The second-order valence-corrected chi connectivity index (χ2v) is 3.71. The van der Waals surface area contributed by atoms with Crippen molar-refractivity contribution >= 4 is 12.2 Å². The average Bonchev–Trinajstić information content (AvgIpc) is 2.47. The van der Waals surface area contributed by atoms with Crippen LogP contribution in [0, 0.1) is 0 Å². The van der Waals surface area contributed by atoms with Crippen LogP contribution in [-0.2, 0) is 20.9 Å². The molecule has 6 nitrogen and oxygen atoms in total. The monoisotopic (exact) mass is 276 g/mol. The number of hydrogen-bond donors (Lipinski definition) is 0. The molecule has 106 valence electrons. The summed E-state index contributed by atoms with van der Waals surface area (Å²) < 4.78 is 15.1. The molecule has 0 spiro atoms. The van der Waals surface area contributed by atoms with E-state index in [0.29, 0.717) is 19.4 Å². The fourth-order valence-corrected chi connectivity index (χ4v) is 1.32. The molecule has 1 aromatic rings. The molecule has 1 aromatic carbocycles. The summed E-state index contributed by atoms with van der Waals surface area (Å²) in [5, 5.41) is 0. The molecule has 1 rings (SSSR count). The highest BCUT2D eigenvalue weighted by atomic mass is 16.5. The van der Waals surface area contributed by atoms with Gasteiger partial charge >= 0.3 is 12.2 Å². The smallest absolute Gasteiger partial charge is 0.413 e. The van der Waals surface area contributed by atoms with Crippen molar-refractivity contribution in [3.8, 4) is 5.75 Å². The van der Waals surface area contributed by atoms with E-state index in [4.69, 9.17) is 15.0 Å². The first-order valence-corrected chi connectivity index (χ1v) is 5.96. The lowest BCUT2D eigenvalue weighted by Crippen LogP contribution is -2.05. The molecular formula is C14H16N2O4. The van der Waals surface area contributed by atoms with E-state index in [0.717, 1.165) is 11.3 Å². The summed E-state index contributed by atoms with van der Waals surface area (Å²) in [5.74, 6) is 0.109. The van der Waals surface area contributed by atoms with Crippen molar-refractivity contribution in [2.45, 2.75) is 6.61 Å². The highest BCUT2D eigenvalue weighted by Gasteiger charge is 1.99. The van der Waals surface area contributed by atoms with Gasteiger partial charge in [0.05, 0.1) is 20.3 Å². The molecule has 0 aliphatic rings. The molecule has 0 aliphatic heterocycles. The molecule has 0 fully saturated rings. The zero-order chi connectivity index (χ0) is 14.6.